The van der Waals surface area contributed by atoms with Crippen LogP contribution in [0.15, 0.2) is 192 Å². The third-order valence-electron chi connectivity index (χ3n) is 7.53. The summed E-state index contributed by atoms with van der Waals surface area (Å²) in [6.07, 6.45) is 0. The Hall–Kier alpha value is -5.11. The monoisotopic (exact) mass is 897 g/mol. The molecule has 0 aliphatic carbocycles. The van der Waals surface area contributed by atoms with E-state index in [1.165, 1.54) is 65.4 Å². The van der Waals surface area contributed by atoms with Crippen LogP contribution in [0.1, 0.15) is 144 Å². The minimum Gasteiger partial charge on any atom is -0.0901 e. The lowest BCUT2D eigenvalue weighted by atomic mass is 9.98. The summed E-state index contributed by atoms with van der Waals surface area (Å²) in [4.78, 5) is 2.57. The van der Waals surface area contributed by atoms with Gasteiger partial charge in [0.15, 0.2) is 0 Å². The highest BCUT2D eigenvalue weighted by atomic mass is 32.2. The molecular formula is C64H96S. The van der Waals surface area contributed by atoms with Crippen molar-refractivity contribution in [3.05, 3.63) is 215 Å². The molecule has 7 aromatic rings. The van der Waals surface area contributed by atoms with E-state index in [0.717, 1.165) is 0 Å². The standard InChI is InChI=1S/C16H18.C14H14.C12H10S.C6H6.8C2H6/c1-11-5-12(2)8-15(7-11)16-9-13(3)6-14(4)10-16;1-11-5-3-7-13(9-11)14-8-4-6-12(2)10-14;1-3-7-11(8-4-1)13-12-9-5-2-6-10-12;1-2-4-6-5-3-1;8*1-2/h5-10H,1-4H3;3-10H,1-2H3;1-10H;1-6H;8*1-2H3. The maximum atomic E-state index is 2.25. The molecule has 1 heteroatoms. The van der Waals surface area contributed by atoms with Gasteiger partial charge in [0.1, 0.15) is 0 Å². The van der Waals surface area contributed by atoms with E-state index in [4.69, 9.17) is 0 Å². The molecule has 0 spiro atoms. The van der Waals surface area contributed by atoms with Crippen LogP contribution in [0.25, 0.3) is 22.3 Å². The fourth-order valence-electron chi connectivity index (χ4n) is 5.43. The summed E-state index contributed by atoms with van der Waals surface area (Å²) >= 11 is 1.79. The Morgan fingerprint density at radius 2 is 0.415 bits per heavy atom. The smallest absolute Gasteiger partial charge is 0.0122 e. The summed E-state index contributed by atoms with van der Waals surface area (Å²) in [6, 6.07) is 63.4. The Kier molecular flexibility index (Phi) is 54.6. The maximum Gasteiger partial charge on any atom is 0.0122 e. The zero-order valence-corrected chi connectivity index (χ0v) is 46.5. The number of hydrogen-bond acceptors (Lipinski definition) is 1. The van der Waals surface area contributed by atoms with E-state index in [-0.39, 0.29) is 0 Å². The number of benzene rings is 7. The minimum absolute atomic E-state index is 1.29. The minimum atomic E-state index is 1.29. The first-order valence-electron chi connectivity index (χ1n) is 24.8. The summed E-state index contributed by atoms with van der Waals surface area (Å²) in [5.41, 5.74) is 13.2. The van der Waals surface area contributed by atoms with Crippen molar-refractivity contribution in [2.45, 2.75) is 162 Å². The second-order valence-corrected chi connectivity index (χ2v) is 13.5. The van der Waals surface area contributed by atoms with Crippen molar-refractivity contribution in [1.82, 2.24) is 0 Å². The largest absolute Gasteiger partial charge is 0.0901 e. The molecule has 0 radical (unpaired) electrons. The Morgan fingerprint density at radius 1 is 0.200 bits per heavy atom. The van der Waals surface area contributed by atoms with Gasteiger partial charge in [0.2, 0.25) is 0 Å². The topological polar surface area (TPSA) is 0 Å². The highest BCUT2D eigenvalue weighted by Crippen LogP contribution is 2.27. The van der Waals surface area contributed by atoms with Crippen LogP contribution in [0.2, 0.25) is 0 Å². The molecule has 0 unspecified atom stereocenters. The molecule has 0 aliphatic heterocycles. The van der Waals surface area contributed by atoms with Gasteiger partial charge < -0.3 is 0 Å². The van der Waals surface area contributed by atoms with Crippen LogP contribution < -0.4 is 0 Å². The number of aryl methyl sites for hydroxylation is 6. The number of hydrogen-bond donors (Lipinski definition) is 0. The molecule has 0 nitrogen and oxygen atoms in total. The highest BCUT2D eigenvalue weighted by molar-refractivity contribution is 7.99. The SMILES string of the molecule is CC.CC.CC.CC.CC.CC.CC.CC.Cc1cc(C)cc(-c2cc(C)cc(C)c2)c1.Cc1cccc(-c2cccc(C)c2)c1.c1ccc(Sc2ccccc2)cc1.c1ccccc1. The lowest BCUT2D eigenvalue weighted by Crippen LogP contribution is -1.85. The van der Waals surface area contributed by atoms with Crippen LogP contribution >= 0.6 is 11.8 Å². The van der Waals surface area contributed by atoms with Crippen molar-refractivity contribution in [2.24, 2.45) is 0 Å². The highest BCUT2D eigenvalue weighted by Gasteiger charge is 2.01. The van der Waals surface area contributed by atoms with Crippen molar-refractivity contribution in [3.63, 3.8) is 0 Å². The van der Waals surface area contributed by atoms with Gasteiger partial charge in [0.25, 0.3) is 0 Å². The Bertz CT molecular complexity index is 1780. The molecule has 0 N–H and O–H groups in total. The van der Waals surface area contributed by atoms with Crippen LogP contribution in [0.4, 0.5) is 0 Å². The van der Waals surface area contributed by atoms with Gasteiger partial charge >= 0.3 is 0 Å². The summed E-state index contributed by atoms with van der Waals surface area (Å²) in [6.45, 7) is 44.9. The molecule has 0 atom stereocenters. The van der Waals surface area contributed by atoms with Crippen molar-refractivity contribution in [2.75, 3.05) is 0 Å². The molecule has 7 rings (SSSR count). The van der Waals surface area contributed by atoms with Crippen molar-refractivity contribution in [3.8, 4) is 22.3 Å². The molecule has 7 aromatic carbocycles. The van der Waals surface area contributed by atoms with E-state index in [0.29, 0.717) is 0 Å². The molecular weight excluding hydrogens is 801 g/mol. The zero-order chi connectivity index (χ0) is 50.8. The predicted molar refractivity (Wildman–Crippen MR) is 306 cm³/mol. The fraction of sp³-hybridized carbons (Fsp3) is 0.344. The molecule has 358 valence electrons. The van der Waals surface area contributed by atoms with Gasteiger partial charge in [-0.2, -0.15) is 0 Å². The van der Waals surface area contributed by atoms with Crippen molar-refractivity contribution < 1.29 is 0 Å². The van der Waals surface area contributed by atoms with Crippen LogP contribution in [-0.2, 0) is 0 Å². The van der Waals surface area contributed by atoms with Gasteiger partial charge in [0.05, 0.1) is 0 Å². The van der Waals surface area contributed by atoms with Gasteiger partial charge in [-0.1, -0.05) is 314 Å². The lowest BCUT2D eigenvalue weighted by molar-refractivity contribution is 1.35. The maximum absolute atomic E-state index is 2.25. The first-order valence-corrected chi connectivity index (χ1v) is 25.7. The summed E-state index contributed by atoms with van der Waals surface area (Å²) in [5.74, 6) is 0. The normalized spacial score (nSPS) is 8.22. The van der Waals surface area contributed by atoms with Crippen LogP contribution in [0, 0.1) is 41.5 Å². The Balaban J connectivity index is -0.000000228. The first-order chi connectivity index (χ1) is 31.7. The van der Waals surface area contributed by atoms with Gasteiger partial charge in [-0.15, -0.1) is 0 Å². The third kappa shape index (κ3) is 35.9. The molecule has 0 saturated heterocycles. The van der Waals surface area contributed by atoms with Gasteiger partial charge in [-0.25, -0.2) is 0 Å². The van der Waals surface area contributed by atoms with E-state index in [1.54, 1.807) is 11.8 Å². The summed E-state index contributed by atoms with van der Waals surface area (Å²) in [7, 11) is 0. The molecule has 0 amide bonds. The second kappa shape index (κ2) is 51.5. The lowest BCUT2D eigenvalue weighted by Gasteiger charge is -2.07. The molecule has 0 aromatic heterocycles. The van der Waals surface area contributed by atoms with E-state index < -0.39 is 0 Å². The van der Waals surface area contributed by atoms with Gasteiger partial charge in [0, 0.05) is 9.79 Å². The third-order valence-corrected chi connectivity index (χ3v) is 8.55. The Morgan fingerprint density at radius 3 is 0.646 bits per heavy atom. The van der Waals surface area contributed by atoms with E-state index in [2.05, 4.69) is 175 Å². The molecule has 0 heterocycles. The second-order valence-electron chi connectivity index (χ2n) is 12.4. The quantitative estimate of drug-likeness (QED) is 0.170. The van der Waals surface area contributed by atoms with E-state index >= 15 is 0 Å². The fourth-order valence-corrected chi connectivity index (χ4v) is 6.29. The van der Waals surface area contributed by atoms with Crippen LogP contribution in [-0.4, -0.2) is 0 Å². The van der Waals surface area contributed by atoms with E-state index in [9.17, 15) is 0 Å². The predicted octanol–water partition coefficient (Wildman–Crippen LogP) is 22.3. The molecule has 0 bridgehead atoms. The van der Waals surface area contributed by atoms with Crippen molar-refractivity contribution in [1.29, 1.82) is 0 Å². The average Bonchev–Trinajstić information content (AvgIpc) is 3.38. The van der Waals surface area contributed by atoms with Crippen molar-refractivity contribution >= 4 is 11.8 Å². The number of rotatable bonds is 4. The summed E-state index contributed by atoms with van der Waals surface area (Å²) in [5, 5.41) is 0. The first kappa shape index (κ1) is 68.9. The molecule has 0 aliphatic rings. The molecule has 0 saturated carbocycles. The van der Waals surface area contributed by atoms with E-state index in [1.807, 2.05) is 159 Å². The van der Waals surface area contributed by atoms with Gasteiger partial charge in [-0.05, 0) is 88.1 Å². The van der Waals surface area contributed by atoms with Crippen LogP contribution in [0.3, 0.4) is 0 Å². The summed E-state index contributed by atoms with van der Waals surface area (Å²) < 4.78 is 0. The van der Waals surface area contributed by atoms with Crippen LogP contribution in [0.5, 0.6) is 0 Å². The Labute approximate surface area is 409 Å². The molecule has 0 fully saturated rings. The van der Waals surface area contributed by atoms with Gasteiger partial charge in [-0.3, -0.25) is 0 Å². The average molecular weight is 898 g/mol. The zero-order valence-electron chi connectivity index (χ0n) is 45.7. The molecule has 65 heavy (non-hydrogen) atoms.